The van der Waals surface area contributed by atoms with E-state index < -0.39 is 0 Å². The summed E-state index contributed by atoms with van der Waals surface area (Å²) in [6.45, 7) is 2.70. The Morgan fingerprint density at radius 1 is 1.31 bits per heavy atom. The van der Waals surface area contributed by atoms with Crippen molar-refractivity contribution in [2.45, 2.75) is 13.3 Å². The van der Waals surface area contributed by atoms with Crippen molar-refractivity contribution in [3.63, 3.8) is 0 Å². The summed E-state index contributed by atoms with van der Waals surface area (Å²) in [7, 11) is 1.99. The molecule has 0 bridgehead atoms. The normalized spacial score (nSPS) is 11.0. The Kier molecular flexibility index (Phi) is 4.49. The first-order valence-electron chi connectivity index (χ1n) is 8.24. The zero-order chi connectivity index (χ0) is 17.9. The van der Waals surface area contributed by atoms with Crippen LogP contribution in [0.5, 0.6) is 0 Å². The predicted octanol–water partition coefficient (Wildman–Crippen LogP) is 3.57. The number of thiophene rings is 1. The van der Waals surface area contributed by atoms with Crippen LogP contribution < -0.4 is 4.90 Å². The van der Waals surface area contributed by atoms with Crippen LogP contribution in [0, 0.1) is 6.92 Å². The first-order valence-corrected chi connectivity index (χ1v) is 9.12. The van der Waals surface area contributed by atoms with Gasteiger partial charge in [0, 0.05) is 32.1 Å². The molecular weight excluding hydrogens is 348 g/mol. The standard InChI is InChI=1S/C18H18N6OS/c1-12-8-15(25-23-12)14-11-19-18(22-17(14)16-4-3-7-26-16)24(2)6-5-13-9-20-21-10-13/h3-4,7-11H,5-6H2,1-2H3,(H,20,21). The molecule has 0 aliphatic heterocycles. The van der Waals surface area contributed by atoms with Crippen LogP contribution in [-0.4, -0.2) is 38.9 Å². The average molecular weight is 366 g/mol. The highest BCUT2D eigenvalue weighted by Crippen LogP contribution is 2.34. The predicted molar refractivity (Wildman–Crippen MR) is 101 cm³/mol. The fourth-order valence-electron chi connectivity index (χ4n) is 2.64. The molecule has 0 radical (unpaired) electrons. The lowest BCUT2D eigenvalue weighted by Gasteiger charge is -2.17. The van der Waals surface area contributed by atoms with Crippen LogP contribution in [0.25, 0.3) is 21.9 Å². The van der Waals surface area contributed by atoms with Crippen molar-refractivity contribution in [3.8, 4) is 21.9 Å². The van der Waals surface area contributed by atoms with Crippen molar-refractivity contribution in [1.29, 1.82) is 0 Å². The van der Waals surface area contributed by atoms with Crippen LogP contribution >= 0.6 is 11.3 Å². The first-order chi connectivity index (χ1) is 12.7. The van der Waals surface area contributed by atoms with Gasteiger partial charge in [0.1, 0.15) is 0 Å². The van der Waals surface area contributed by atoms with Crippen molar-refractivity contribution < 1.29 is 4.52 Å². The SMILES string of the molecule is Cc1cc(-c2cnc(N(C)CCc3cn[nH]c3)nc2-c2cccs2)on1. The molecule has 0 aliphatic rings. The van der Waals surface area contributed by atoms with E-state index in [4.69, 9.17) is 9.51 Å². The van der Waals surface area contributed by atoms with Gasteiger partial charge in [-0.05, 0) is 30.4 Å². The Morgan fingerprint density at radius 2 is 2.23 bits per heavy atom. The number of likely N-dealkylation sites (N-methyl/N-ethyl adjacent to an activating group) is 1. The van der Waals surface area contributed by atoms with Crippen LogP contribution in [0.2, 0.25) is 0 Å². The van der Waals surface area contributed by atoms with E-state index in [-0.39, 0.29) is 0 Å². The topological polar surface area (TPSA) is 83.7 Å². The Labute approximate surface area is 154 Å². The van der Waals surface area contributed by atoms with E-state index >= 15 is 0 Å². The van der Waals surface area contributed by atoms with Gasteiger partial charge in [-0.1, -0.05) is 11.2 Å². The van der Waals surface area contributed by atoms with Crippen LogP contribution in [0.1, 0.15) is 11.3 Å². The number of nitrogens with one attached hydrogen (secondary N) is 1. The molecule has 0 spiro atoms. The lowest BCUT2D eigenvalue weighted by Crippen LogP contribution is -2.22. The highest BCUT2D eigenvalue weighted by Gasteiger charge is 2.17. The Bertz CT molecular complexity index is 977. The minimum absolute atomic E-state index is 0.678. The van der Waals surface area contributed by atoms with Crippen LogP contribution in [0.3, 0.4) is 0 Å². The third-order valence-corrected chi connectivity index (χ3v) is 4.93. The van der Waals surface area contributed by atoms with Gasteiger partial charge >= 0.3 is 0 Å². The lowest BCUT2D eigenvalue weighted by molar-refractivity contribution is 0.427. The molecule has 1 N–H and O–H groups in total. The molecule has 4 aromatic heterocycles. The smallest absolute Gasteiger partial charge is 0.225 e. The van der Waals surface area contributed by atoms with E-state index in [0.29, 0.717) is 11.7 Å². The molecule has 0 aromatic carbocycles. The molecule has 132 valence electrons. The Hall–Kier alpha value is -3.00. The van der Waals surface area contributed by atoms with E-state index in [0.717, 1.165) is 40.4 Å². The zero-order valence-corrected chi connectivity index (χ0v) is 15.3. The van der Waals surface area contributed by atoms with Crippen LogP contribution in [-0.2, 0) is 6.42 Å². The molecule has 0 aliphatic carbocycles. The van der Waals surface area contributed by atoms with Gasteiger partial charge in [0.25, 0.3) is 0 Å². The molecule has 0 amide bonds. The largest absolute Gasteiger partial charge is 0.356 e. The fraction of sp³-hybridized carbons (Fsp3) is 0.222. The van der Waals surface area contributed by atoms with Crippen molar-refractivity contribution >= 4 is 17.3 Å². The van der Waals surface area contributed by atoms with Crippen molar-refractivity contribution in [2.24, 2.45) is 0 Å². The number of anilines is 1. The second-order valence-corrected chi connectivity index (χ2v) is 6.97. The maximum atomic E-state index is 5.44. The lowest BCUT2D eigenvalue weighted by atomic mass is 10.1. The third kappa shape index (κ3) is 3.36. The summed E-state index contributed by atoms with van der Waals surface area (Å²) >= 11 is 1.64. The van der Waals surface area contributed by atoms with Crippen molar-refractivity contribution in [3.05, 3.63) is 53.4 Å². The van der Waals surface area contributed by atoms with E-state index in [9.17, 15) is 0 Å². The van der Waals surface area contributed by atoms with Gasteiger partial charge in [-0.15, -0.1) is 11.3 Å². The summed E-state index contributed by atoms with van der Waals surface area (Å²) in [5.74, 6) is 1.36. The van der Waals surface area contributed by atoms with Gasteiger partial charge in [-0.2, -0.15) is 5.10 Å². The maximum absolute atomic E-state index is 5.44. The zero-order valence-electron chi connectivity index (χ0n) is 14.5. The van der Waals surface area contributed by atoms with Crippen molar-refractivity contribution in [2.75, 3.05) is 18.5 Å². The quantitative estimate of drug-likeness (QED) is 0.562. The molecule has 0 saturated heterocycles. The highest BCUT2D eigenvalue weighted by molar-refractivity contribution is 7.13. The average Bonchev–Trinajstić information content (AvgIpc) is 3.41. The van der Waals surface area contributed by atoms with E-state index in [1.807, 2.05) is 55.0 Å². The second kappa shape index (κ2) is 7.09. The number of hydrogen-bond donors (Lipinski definition) is 1. The number of nitrogens with zero attached hydrogens (tertiary/aromatic N) is 5. The summed E-state index contributed by atoms with van der Waals surface area (Å²) < 4.78 is 5.44. The molecule has 4 rings (SSSR count). The highest BCUT2D eigenvalue weighted by atomic mass is 32.1. The van der Waals surface area contributed by atoms with Gasteiger partial charge in [0.15, 0.2) is 5.76 Å². The number of aromatic nitrogens is 5. The first kappa shape index (κ1) is 16.5. The molecule has 0 saturated carbocycles. The van der Waals surface area contributed by atoms with E-state index in [1.165, 1.54) is 0 Å². The van der Waals surface area contributed by atoms with Crippen LogP contribution in [0.15, 0.2) is 46.7 Å². The minimum atomic E-state index is 0.678. The number of hydrogen-bond acceptors (Lipinski definition) is 7. The second-order valence-electron chi connectivity index (χ2n) is 6.02. The van der Waals surface area contributed by atoms with Crippen molar-refractivity contribution in [1.82, 2.24) is 25.3 Å². The molecule has 4 heterocycles. The summed E-state index contributed by atoms with van der Waals surface area (Å²) in [5, 5.41) is 12.8. The summed E-state index contributed by atoms with van der Waals surface area (Å²) in [6, 6.07) is 5.97. The van der Waals surface area contributed by atoms with Gasteiger partial charge in [0.05, 0.1) is 28.0 Å². The molecule has 0 atom stereocenters. The summed E-state index contributed by atoms with van der Waals surface area (Å²) in [5.41, 5.74) is 3.69. The maximum Gasteiger partial charge on any atom is 0.225 e. The van der Waals surface area contributed by atoms with Gasteiger partial charge < -0.3 is 9.42 Å². The molecule has 4 aromatic rings. The third-order valence-electron chi connectivity index (χ3n) is 4.06. The Balaban J connectivity index is 1.65. The van der Waals surface area contributed by atoms with E-state index in [1.54, 1.807) is 11.3 Å². The summed E-state index contributed by atoms with van der Waals surface area (Å²) in [6.07, 6.45) is 6.42. The molecule has 7 nitrogen and oxygen atoms in total. The van der Waals surface area contributed by atoms with E-state index in [2.05, 4.69) is 26.4 Å². The van der Waals surface area contributed by atoms with Crippen LogP contribution in [0.4, 0.5) is 5.95 Å². The minimum Gasteiger partial charge on any atom is -0.356 e. The Morgan fingerprint density at radius 3 is 2.92 bits per heavy atom. The summed E-state index contributed by atoms with van der Waals surface area (Å²) in [4.78, 5) is 12.5. The molecule has 26 heavy (non-hydrogen) atoms. The monoisotopic (exact) mass is 366 g/mol. The van der Waals surface area contributed by atoms with Gasteiger partial charge in [-0.3, -0.25) is 5.10 Å². The molecular formula is C18H18N6OS. The number of aryl methyl sites for hydroxylation is 1. The molecule has 8 heteroatoms. The fourth-order valence-corrected chi connectivity index (χ4v) is 3.37. The van der Waals surface area contributed by atoms with Gasteiger partial charge in [0.2, 0.25) is 5.95 Å². The number of aromatic amines is 1. The molecule has 0 unspecified atom stereocenters. The molecule has 0 fully saturated rings. The van der Waals surface area contributed by atoms with Gasteiger partial charge in [-0.25, -0.2) is 9.97 Å². The number of H-pyrrole nitrogens is 1. The number of rotatable bonds is 6.